The first-order valence-electron chi connectivity index (χ1n) is 11.5. The number of hydrogen-bond donors (Lipinski definition) is 2. The highest BCUT2D eigenvalue weighted by molar-refractivity contribution is 6.38. The van der Waals surface area contributed by atoms with Crippen molar-refractivity contribution in [3.63, 3.8) is 0 Å². The van der Waals surface area contributed by atoms with Crippen molar-refractivity contribution in [2.75, 3.05) is 0 Å². The van der Waals surface area contributed by atoms with E-state index >= 15 is 0 Å². The van der Waals surface area contributed by atoms with Crippen LogP contribution in [0.3, 0.4) is 0 Å². The van der Waals surface area contributed by atoms with E-state index in [4.69, 9.17) is 4.42 Å². The summed E-state index contributed by atoms with van der Waals surface area (Å²) in [6, 6.07) is 20.2. The van der Waals surface area contributed by atoms with Gasteiger partial charge in [0.05, 0.1) is 12.8 Å². The second-order valence-corrected chi connectivity index (χ2v) is 8.44. The number of hydrogen-bond acceptors (Lipinski definition) is 5. The molecule has 0 aliphatic carbocycles. The number of furan rings is 1. The van der Waals surface area contributed by atoms with Gasteiger partial charge in [-0.05, 0) is 29.7 Å². The minimum atomic E-state index is -1.07. The number of likely N-dealkylation sites (tertiary alicyclic amines) is 1. The summed E-state index contributed by atoms with van der Waals surface area (Å²) < 4.78 is 5.19. The van der Waals surface area contributed by atoms with Gasteiger partial charge in [0.15, 0.2) is 0 Å². The van der Waals surface area contributed by atoms with Crippen LogP contribution in [0.4, 0.5) is 0 Å². The van der Waals surface area contributed by atoms with Gasteiger partial charge < -0.3 is 20.0 Å². The van der Waals surface area contributed by atoms with E-state index in [9.17, 15) is 19.2 Å². The highest BCUT2D eigenvalue weighted by Crippen LogP contribution is 2.22. The molecular formula is C27H27N3O5. The molecule has 0 saturated carbocycles. The summed E-state index contributed by atoms with van der Waals surface area (Å²) in [5.41, 5.74) is 1.71. The lowest BCUT2D eigenvalue weighted by molar-refractivity contribution is -0.141. The van der Waals surface area contributed by atoms with Crippen molar-refractivity contribution in [3.8, 4) is 0 Å². The van der Waals surface area contributed by atoms with E-state index in [1.54, 1.807) is 12.1 Å². The fraction of sp³-hybridized carbons (Fsp3) is 0.259. The molecule has 4 rings (SSSR count). The predicted molar refractivity (Wildman–Crippen MR) is 128 cm³/mol. The Balaban J connectivity index is 1.47. The number of amides is 3. The first-order chi connectivity index (χ1) is 17.0. The molecule has 1 saturated heterocycles. The maximum atomic E-state index is 13.3. The average molecular weight is 474 g/mol. The van der Waals surface area contributed by atoms with Crippen LogP contribution in [-0.4, -0.2) is 40.5 Å². The third kappa shape index (κ3) is 6.23. The molecular weight excluding hydrogens is 446 g/mol. The van der Waals surface area contributed by atoms with E-state index in [1.807, 2.05) is 60.7 Å². The molecule has 1 aliphatic rings. The highest BCUT2D eigenvalue weighted by Gasteiger charge is 2.38. The zero-order valence-corrected chi connectivity index (χ0v) is 19.2. The van der Waals surface area contributed by atoms with Gasteiger partial charge in [-0.25, -0.2) is 0 Å². The predicted octanol–water partition coefficient (Wildman–Crippen LogP) is 2.38. The van der Waals surface area contributed by atoms with Gasteiger partial charge in [-0.1, -0.05) is 60.7 Å². The lowest BCUT2D eigenvalue weighted by Gasteiger charge is -2.26. The van der Waals surface area contributed by atoms with Crippen molar-refractivity contribution < 1.29 is 23.6 Å². The molecule has 0 spiro atoms. The molecule has 8 heteroatoms. The lowest BCUT2D eigenvalue weighted by atomic mass is 10.0. The molecule has 0 radical (unpaired) electrons. The Morgan fingerprint density at radius 1 is 0.943 bits per heavy atom. The summed E-state index contributed by atoms with van der Waals surface area (Å²) in [6.45, 7) is 0.365. The second-order valence-electron chi connectivity index (χ2n) is 8.44. The fourth-order valence-electron chi connectivity index (χ4n) is 4.14. The molecule has 2 N–H and O–H groups in total. The zero-order chi connectivity index (χ0) is 24.6. The summed E-state index contributed by atoms with van der Waals surface area (Å²) in [7, 11) is 0. The normalized spacial score (nSPS) is 16.1. The Kier molecular flexibility index (Phi) is 7.72. The number of benzene rings is 2. The number of ketones is 1. The summed E-state index contributed by atoms with van der Waals surface area (Å²) >= 11 is 0. The minimum Gasteiger partial charge on any atom is -0.467 e. The van der Waals surface area contributed by atoms with Gasteiger partial charge in [0, 0.05) is 19.4 Å². The van der Waals surface area contributed by atoms with Gasteiger partial charge in [-0.2, -0.15) is 0 Å². The third-order valence-corrected chi connectivity index (χ3v) is 5.97. The van der Waals surface area contributed by atoms with E-state index in [1.165, 1.54) is 11.2 Å². The number of carbonyl (C=O) groups is 4. The quantitative estimate of drug-likeness (QED) is 0.440. The maximum Gasteiger partial charge on any atom is 0.289 e. The monoisotopic (exact) mass is 473 g/mol. The van der Waals surface area contributed by atoms with Crippen LogP contribution in [0.15, 0.2) is 83.5 Å². The van der Waals surface area contributed by atoms with Crippen LogP contribution in [0.1, 0.15) is 29.7 Å². The smallest absolute Gasteiger partial charge is 0.289 e. The van der Waals surface area contributed by atoms with E-state index < -0.39 is 29.7 Å². The number of Topliss-reactive ketones (excluding diaryl/α,β-unsaturated/α-hetero) is 1. The Hall–Kier alpha value is -4.20. The van der Waals surface area contributed by atoms with Crippen molar-refractivity contribution in [1.82, 2.24) is 15.5 Å². The van der Waals surface area contributed by atoms with Gasteiger partial charge >= 0.3 is 0 Å². The van der Waals surface area contributed by atoms with Crippen LogP contribution >= 0.6 is 0 Å². The lowest BCUT2D eigenvalue weighted by Crippen LogP contribution is -2.53. The molecule has 8 nitrogen and oxygen atoms in total. The van der Waals surface area contributed by atoms with E-state index in [0.717, 1.165) is 11.1 Å². The Bertz CT molecular complexity index is 1160. The SMILES string of the molecule is O=C(NCc1ccco1)C(=O)C(Cc1ccccc1)NC(=O)[C@H]1CCC(=O)N1Cc1ccccc1. The fourth-order valence-corrected chi connectivity index (χ4v) is 4.14. The minimum absolute atomic E-state index is 0.0611. The highest BCUT2D eigenvalue weighted by atomic mass is 16.3. The molecule has 2 heterocycles. The molecule has 1 aliphatic heterocycles. The van der Waals surface area contributed by atoms with Crippen molar-refractivity contribution in [1.29, 1.82) is 0 Å². The van der Waals surface area contributed by atoms with E-state index in [0.29, 0.717) is 18.7 Å². The van der Waals surface area contributed by atoms with Gasteiger partial charge in [0.25, 0.3) is 5.91 Å². The number of nitrogens with zero attached hydrogens (tertiary/aromatic N) is 1. The Labute approximate surface area is 203 Å². The first kappa shape index (κ1) is 23.9. The van der Waals surface area contributed by atoms with E-state index in [-0.39, 0.29) is 25.3 Å². The zero-order valence-electron chi connectivity index (χ0n) is 19.2. The summed E-state index contributed by atoms with van der Waals surface area (Å²) in [5.74, 6) is -1.62. The topological polar surface area (TPSA) is 109 Å². The van der Waals surface area contributed by atoms with Gasteiger partial charge in [0.1, 0.15) is 17.8 Å². The third-order valence-electron chi connectivity index (χ3n) is 5.97. The largest absolute Gasteiger partial charge is 0.467 e. The Morgan fingerprint density at radius 2 is 1.63 bits per heavy atom. The van der Waals surface area contributed by atoms with Gasteiger partial charge in [0.2, 0.25) is 17.6 Å². The van der Waals surface area contributed by atoms with Crippen molar-refractivity contribution >= 4 is 23.5 Å². The first-order valence-corrected chi connectivity index (χ1v) is 11.5. The van der Waals surface area contributed by atoms with E-state index in [2.05, 4.69) is 10.6 Å². The molecule has 1 aromatic heterocycles. The van der Waals surface area contributed by atoms with Crippen LogP contribution in [0.5, 0.6) is 0 Å². The summed E-state index contributed by atoms with van der Waals surface area (Å²) in [5, 5.41) is 5.30. The maximum absolute atomic E-state index is 13.3. The number of nitrogens with one attached hydrogen (secondary N) is 2. The van der Waals surface area contributed by atoms with Crippen molar-refractivity contribution in [3.05, 3.63) is 95.9 Å². The molecule has 2 atom stereocenters. The molecule has 3 aromatic rings. The van der Waals surface area contributed by atoms with Gasteiger partial charge in [-0.15, -0.1) is 0 Å². The van der Waals surface area contributed by atoms with Crippen LogP contribution in [0.25, 0.3) is 0 Å². The average Bonchev–Trinajstić information content (AvgIpc) is 3.53. The van der Waals surface area contributed by atoms with Crippen molar-refractivity contribution in [2.45, 2.75) is 44.4 Å². The second kappa shape index (κ2) is 11.3. The summed E-state index contributed by atoms with van der Waals surface area (Å²) in [6.07, 6.45) is 2.24. The number of carbonyl (C=O) groups excluding carboxylic acids is 4. The van der Waals surface area contributed by atoms with Crippen LogP contribution in [-0.2, 0) is 38.7 Å². The van der Waals surface area contributed by atoms with Crippen molar-refractivity contribution in [2.24, 2.45) is 0 Å². The molecule has 1 unspecified atom stereocenters. The van der Waals surface area contributed by atoms with Crippen LogP contribution in [0.2, 0.25) is 0 Å². The summed E-state index contributed by atoms with van der Waals surface area (Å²) in [4.78, 5) is 53.0. The Morgan fingerprint density at radius 3 is 2.29 bits per heavy atom. The molecule has 0 bridgehead atoms. The van der Waals surface area contributed by atoms with Crippen LogP contribution < -0.4 is 10.6 Å². The standard InChI is InChI=1S/C27H27N3O5/c31-24-14-13-23(30(24)18-20-10-5-2-6-11-20)26(33)29-22(16-19-8-3-1-4-9-19)25(32)27(34)28-17-21-12-7-15-35-21/h1-12,15,22-23H,13-14,16-18H2,(H,28,34)(H,29,33)/t22?,23-/m1/s1. The number of rotatable bonds is 10. The molecule has 35 heavy (non-hydrogen) atoms. The van der Waals surface area contributed by atoms with Gasteiger partial charge in [-0.3, -0.25) is 19.2 Å². The molecule has 1 fully saturated rings. The molecule has 3 amide bonds. The molecule has 2 aromatic carbocycles. The molecule has 180 valence electrons. The van der Waals surface area contributed by atoms with Crippen LogP contribution in [0, 0.1) is 0 Å².